The van der Waals surface area contributed by atoms with Crippen LogP contribution in [0.3, 0.4) is 0 Å². The molecule has 12 heterocycles. The van der Waals surface area contributed by atoms with Crippen LogP contribution < -0.4 is 49.3 Å². The van der Waals surface area contributed by atoms with Crippen molar-refractivity contribution in [3.8, 4) is 24.2 Å². The molecular formula is C91H116BrN16O22PVY. The molecule has 0 aliphatic carbocycles. The number of carbonyl (C=O) groups is 11. The van der Waals surface area contributed by atoms with Gasteiger partial charge in [-0.25, -0.2) is 33.6 Å². The van der Waals surface area contributed by atoms with Gasteiger partial charge in [-0.3, -0.25) is 96.2 Å². The number of likely N-dealkylation sites (tertiary alicyclic amines) is 3. The van der Waals surface area contributed by atoms with Gasteiger partial charge in [-0.05, 0) is 177 Å². The summed E-state index contributed by atoms with van der Waals surface area (Å²) in [4.78, 5) is 186. The second-order valence-corrected chi connectivity index (χ2v) is 36.8. The molecular weight excluding hydrogens is 1920 g/mol. The van der Waals surface area contributed by atoms with Gasteiger partial charge in [-0.15, -0.1) is 6.42 Å². The molecule has 0 bridgehead atoms. The molecule has 4 aromatic carbocycles. The van der Waals surface area contributed by atoms with E-state index >= 15 is 0 Å². The molecule has 11 amide bonds. The van der Waals surface area contributed by atoms with E-state index in [1.165, 1.54) is 27.4 Å². The number of carbonyl (C=O) groups excluding carboxylic acids is 11. The summed E-state index contributed by atoms with van der Waals surface area (Å²) in [5.41, 5.74) is 5.77. The number of imidazole rings is 4. The fraction of sp³-hybridized carbons (Fsp3) is 0.527. The smallest absolute Gasteiger partial charge is 0.410 e. The second kappa shape index (κ2) is 45.9. The number of halogens is 1. The van der Waals surface area contributed by atoms with Crippen LogP contribution in [0.4, 0.5) is 14.4 Å². The van der Waals surface area contributed by atoms with Crippen LogP contribution in [-0.2, 0) is 164 Å². The number of fused-ring (bicyclic) bond motifs is 4. The van der Waals surface area contributed by atoms with Crippen molar-refractivity contribution < 1.29 is 137 Å². The summed E-state index contributed by atoms with van der Waals surface area (Å²) in [5.74, 6) is 5.45. The fourth-order valence-electron chi connectivity index (χ4n) is 16.2. The van der Waals surface area contributed by atoms with Gasteiger partial charge in [-0.2, -0.15) is 9.90 Å². The predicted octanol–water partition coefficient (Wildman–Crippen LogP) is 5.82. The molecule has 712 valence electrons. The molecule has 8 saturated heterocycles. The first-order valence-corrected chi connectivity index (χ1v) is 44.2. The average molecular weight is 2040 g/mol. The molecule has 8 aliphatic heterocycles. The first-order valence-electron chi connectivity index (χ1n) is 43.4. The number of benzene rings is 4. The summed E-state index contributed by atoms with van der Waals surface area (Å²) >= 11 is 3.42. The van der Waals surface area contributed by atoms with Gasteiger partial charge in [0.15, 0.2) is 0 Å². The zero-order chi connectivity index (χ0) is 94.1. The SMILES string of the molecule is C#CCOC1CN(C(=O)OC(C)(C)C)C1.Cn1c(=O)n(C2CCC(=O)NC2=O)c2cccc(Br)c21.Cn1c(=O)n(C2CCC(=O)NC2=O)c2cccc(C#CCOC3CN(C(=O)OC(C)(C)C)C3)c21.Cn1c(=O)n(C2CCC(=O)NC2=O)c2cccc(CCCOC3CN(C(=O)OC(C)(C)C)C3)c21.Cn1c(=O)n(C2CCC(=O)NC2=O)c2cccc(CCCOC3CNC3)c21.P.[V].[Y]. The molecule has 42 heteroatoms. The van der Waals surface area contributed by atoms with Crippen LogP contribution >= 0.6 is 25.8 Å². The Hall–Kier alpha value is -10.2. The van der Waals surface area contributed by atoms with Gasteiger partial charge in [0.1, 0.15) is 54.2 Å². The third kappa shape index (κ3) is 25.9. The number of hydrogen-bond donors (Lipinski definition) is 5. The summed E-state index contributed by atoms with van der Waals surface area (Å²) in [7, 11) is 6.73. The Morgan fingerprint density at radius 1 is 0.421 bits per heavy atom. The number of imide groups is 4. The number of amides is 11. The number of aryl methyl sites for hydroxylation is 6. The van der Waals surface area contributed by atoms with E-state index in [9.17, 15) is 71.9 Å². The molecule has 0 saturated carbocycles. The number of hydrogen-bond acceptors (Lipinski definition) is 23. The molecule has 4 aromatic heterocycles. The summed E-state index contributed by atoms with van der Waals surface area (Å²) in [6.07, 6.45) is 9.64. The standard InChI is InChI=1S/C24H32N4O6.C24H28N4O6.C19H24N4O4.C13H12BrN3O3.C11H17NO3.H3P.V.Y/c2*1-24(2,3)34-23(32)27-13-16(14-27)33-12-6-8-15-7-5-9-17-20(15)26(4)22(31)28(17)18-10-11-19(29)25-21(18)30;1-22-17-12(5-3-9-27-13-10-20-11-13)4-2-6-14(17)23(19(22)26)15-7-8-16(24)21-18(15)25;1-16-11-7(14)3-2-4-8(11)17(13(16)20)9-5-6-10(18)15-12(9)19;1-5-6-14-9-7-12(8-9)10(13)15-11(2,3)4;;;/h5,7,9,16,18H,6,8,10-14H2,1-4H3,(H,25,29,30);5,7,9,16,18H,10-14H2,1-4H3,(H,25,29,30);2,4,6,13,15,20H,3,5,7-11H2,1H3,(H,21,24,25);2-4,9H,5-6H2,1H3,(H,15,18,19);1,9H,6-8H2,2-4H3;1H3;;. The third-order valence-corrected chi connectivity index (χ3v) is 23.4. The number of piperidine rings is 4. The van der Waals surface area contributed by atoms with Gasteiger partial charge in [0, 0.05) is 136 Å². The van der Waals surface area contributed by atoms with Crippen molar-refractivity contribution >= 4 is 135 Å². The summed E-state index contributed by atoms with van der Waals surface area (Å²) in [6, 6.07) is 19.6. The Labute approximate surface area is 816 Å². The molecule has 8 fully saturated rings. The van der Waals surface area contributed by atoms with Crippen molar-refractivity contribution in [2.24, 2.45) is 28.2 Å². The van der Waals surface area contributed by atoms with Crippen LogP contribution in [0, 0.1) is 24.2 Å². The molecule has 5 N–H and O–H groups in total. The largest absolute Gasteiger partial charge is 0.444 e. The van der Waals surface area contributed by atoms with E-state index in [-0.39, 0.29) is 183 Å². The number of nitrogens with one attached hydrogen (secondary N) is 5. The van der Waals surface area contributed by atoms with Crippen LogP contribution in [0.25, 0.3) is 44.1 Å². The van der Waals surface area contributed by atoms with E-state index in [1.807, 2.05) is 111 Å². The predicted molar refractivity (Wildman–Crippen MR) is 491 cm³/mol. The van der Waals surface area contributed by atoms with Crippen LogP contribution in [-0.4, -0.2) is 237 Å². The normalized spacial score (nSPS) is 18.8. The van der Waals surface area contributed by atoms with E-state index in [0.29, 0.717) is 119 Å². The summed E-state index contributed by atoms with van der Waals surface area (Å²) in [5, 5.41) is 12.4. The Morgan fingerprint density at radius 2 is 0.722 bits per heavy atom. The van der Waals surface area contributed by atoms with E-state index in [4.69, 9.17) is 39.6 Å². The van der Waals surface area contributed by atoms with Crippen LogP contribution in [0.2, 0.25) is 0 Å². The van der Waals surface area contributed by atoms with Gasteiger partial charge in [0.2, 0.25) is 47.3 Å². The maximum Gasteiger partial charge on any atom is 0.410 e. The molecule has 38 nitrogen and oxygen atoms in total. The van der Waals surface area contributed by atoms with E-state index in [1.54, 1.807) is 76.3 Å². The zero-order valence-electron chi connectivity index (χ0n) is 77.1. The van der Waals surface area contributed by atoms with Crippen molar-refractivity contribution in [2.45, 2.75) is 205 Å². The Balaban J connectivity index is 0.000000191. The molecule has 8 aromatic rings. The number of para-hydroxylation sites is 4. The Kier molecular flexibility index (Phi) is 36.8. The number of aromatic nitrogens is 8. The minimum Gasteiger partial charge on any atom is -0.444 e. The van der Waals surface area contributed by atoms with Gasteiger partial charge in [-0.1, -0.05) is 54.2 Å². The number of ether oxygens (including phenoxy) is 7. The second-order valence-electron chi connectivity index (χ2n) is 35.9. The molecule has 133 heavy (non-hydrogen) atoms. The summed E-state index contributed by atoms with van der Waals surface area (Å²) in [6.45, 7) is 23.1. The van der Waals surface area contributed by atoms with Gasteiger partial charge < -0.3 is 53.2 Å². The molecule has 5 unspecified atom stereocenters. The van der Waals surface area contributed by atoms with Crippen LogP contribution in [0.5, 0.6) is 0 Å². The topological polar surface area (TPSA) is 430 Å². The van der Waals surface area contributed by atoms with Crippen molar-refractivity contribution in [2.75, 3.05) is 78.8 Å². The van der Waals surface area contributed by atoms with E-state index in [0.717, 1.165) is 70.0 Å². The molecule has 5 atom stereocenters. The third-order valence-electron chi connectivity index (χ3n) is 22.8. The maximum atomic E-state index is 13.0. The van der Waals surface area contributed by atoms with Crippen LogP contribution in [0.15, 0.2) is 96.4 Å². The molecule has 2 radical (unpaired) electrons. The van der Waals surface area contributed by atoms with E-state index < -0.39 is 64.6 Å². The average Bonchev–Trinajstić information content (AvgIpc) is 1.26. The van der Waals surface area contributed by atoms with Crippen molar-refractivity contribution in [3.05, 3.63) is 136 Å². The zero-order valence-corrected chi connectivity index (χ0v) is 84.3. The van der Waals surface area contributed by atoms with Gasteiger partial charge in [0.05, 0.1) is 113 Å². The molecule has 8 aliphatic rings. The van der Waals surface area contributed by atoms with Crippen molar-refractivity contribution in [3.63, 3.8) is 0 Å². The number of nitrogens with zero attached hydrogens (tertiary/aromatic N) is 11. The number of rotatable bonds is 18. The minimum absolute atomic E-state index is 0. The first-order chi connectivity index (χ1) is 61.6. The minimum atomic E-state index is -0.744. The van der Waals surface area contributed by atoms with E-state index in [2.05, 4.69) is 60.3 Å². The Bertz CT molecular complexity index is 6080. The quantitative estimate of drug-likeness (QED) is 0.0222. The molecule has 16 rings (SSSR count). The van der Waals surface area contributed by atoms with Crippen molar-refractivity contribution in [1.82, 2.24) is 77.8 Å². The Morgan fingerprint density at radius 3 is 1.05 bits per heavy atom. The van der Waals surface area contributed by atoms with Gasteiger partial charge >= 0.3 is 41.0 Å². The van der Waals surface area contributed by atoms with Gasteiger partial charge in [0.25, 0.3) is 0 Å². The first kappa shape index (κ1) is 107. The molecule has 0 spiro atoms. The monoisotopic (exact) mass is 2030 g/mol. The fourth-order valence-corrected chi connectivity index (χ4v) is 16.8. The maximum absolute atomic E-state index is 13.0. The summed E-state index contributed by atoms with van der Waals surface area (Å²) < 4.78 is 51.3. The number of terminal acetylenes is 1. The van der Waals surface area contributed by atoms with Crippen molar-refractivity contribution in [1.29, 1.82) is 0 Å². The van der Waals surface area contributed by atoms with Crippen LogP contribution in [0.1, 0.15) is 167 Å².